The molecule has 0 bridgehead atoms. The molecule has 3 aromatic rings. The summed E-state index contributed by atoms with van der Waals surface area (Å²) in [4.78, 5) is 42.2. The second kappa shape index (κ2) is 9.88. The number of ketones is 1. The van der Waals surface area contributed by atoms with Gasteiger partial charge < -0.3 is 5.32 Å². The molecule has 4 rings (SSSR count). The van der Waals surface area contributed by atoms with Gasteiger partial charge in [0.25, 0.3) is 5.56 Å². The number of benzene rings is 2. The maximum Gasteiger partial charge on any atom is 0.262 e. The number of Topliss-reactive ketones (excluding diaryl/α,β-unsaturated/α-hetero) is 1. The Balaban J connectivity index is 1.59. The smallest absolute Gasteiger partial charge is 0.262 e. The van der Waals surface area contributed by atoms with Crippen LogP contribution in [0.15, 0.2) is 52.4 Å². The minimum atomic E-state index is -0.230. The Morgan fingerprint density at radius 3 is 2.69 bits per heavy atom. The third kappa shape index (κ3) is 5.05. The van der Waals surface area contributed by atoms with Crippen LogP contribution in [0.4, 0.5) is 5.69 Å². The maximum absolute atomic E-state index is 13.3. The predicted octanol–water partition coefficient (Wildman–Crippen LogP) is 5.49. The molecule has 1 fully saturated rings. The van der Waals surface area contributed by atoms with E-state index in [9.17, 15) is 14.4 Å². The van der Waals surface area contributed by atoms with Crippen molar-refractivity contribution in [3.05, 3.63) is 63.4 Å². The van der Waals surface area contributed by atoms with Crippen molar-refractivity contribution in [2.75, 3.05) is 11.1 Å². The average molecular weight is 470 g/mol. The zero-order chi connectivity index (χ0) is 22.7. The molecule has 8 heteroatoms. The number of fused-ring (bicyclic) bond motifs is 1. The molecule has 1 aromatic heterocycles. The summed E-state index contributed by atoms with van der Waals surface area (Å²) in [7, 11) is 0. The Labute approximate surface area is 195 Å². The summed E-state index contributed by atoms with van der Waals surface area (Å²) in [5, 5.41) is 4.40. The monoisotopic (exact) mass is 469 g/mol. The summed E-state index contributed by atoms with van der Waals surface area (Å²) in [5.74, 6) is -0.201. The highest BCUT2D eigenvalue weighted by molar-refractivity contribution is 7.99. The molecule has 6 nitrogen and oxygen atoms in total. The van der Waals surface area contributed by atoms with Gasteiger partial charge in [0.15, 0.2) is 10.9 Å². The Morgan fingerprint density at radius 2 is 1.94 bits per heavy atom. The second-order valence-corrected chi connectivity index (χ2v) is 9.38. The molecule has 2 aromatic carbocycles. The molecular formula is C24H24ClN3O3S. The third-order valence-electron chi connectivity index (χ3n) is 5.66. The minimum Gasteiger partial charge on any atom is -0.325 e. The van der Waals surface area contributed by atoms with Crippen LogP contribution in [0.3, 0.4) is 0 Å². The molecule has 1 aliphatic rings. The number of nitrogens with zero attached hydrogens (tertiary/aromatic N) is 2. The van der Waals surface area contributed by atoms with Gasteiger partial charge in [0.1, 0.15) is 0 Å². The molecule has 1 amide bonds. The van der Waals surface area contributed by atoms with Gasteiger partial charge in [-0.1, -0.05) is 54.8 Å². The Morgan fingerprint density at radius 1 is 1.16 bits per heavy atom. The van der Waals surface area contributed by atoms with Gasteiger partial charge >= 0.3 is 0 Å². The number of nitrogens with one attached hydrogen (secondary N) is 1. The highest BCUT2D eigenvalue weighted by atomic mass is 35.5. The lowest BCUT2D eigenvalue weighted by Crippen LogP contribution is -2.29. The van der Waals surface area contributed by atoms with Crippen molar-refractivity contribution in [3.8, 4) is 0 Å². The van der Waals surface area contributed by atoms with Crippen molar-refractivity contribution in [1.82, 2.24) is 9.55 Å². The van der Waals surface area contributed by atoms with Gasteiger partial charge in [-0.2, -0.15) is 0 Å². The first-order valence-corrected chi connectivity index (χ1v) is 12.0. The second-order valence-electron chi connectivity index (χ2n) is 8.00. The molecule has 0 saturated heterocycles. The first kappa shape index (κ1) is 22.6. The predicted molar refractivity (Wildman–Crippen MR) is 129 cm³/mol. The fourth-order valence-electron chi connectivity index (χ4n) is 4.06. The normalized spacial score (nSPS) is 14.4. The van der Waals surface area contributed by atoms with E-state index in [1.54, 1.807) is 47.0 Å². The number of aromatic nitrogens is 2. The van der Waals surface area contributed by atoms with Crippen LogP contribution in [0.5, 0.6) is 0 Å². The van der Waals surface area contributed by atoms with Crippen LogP contribution in [0.25, 0.3) is 10.9 Å². The van der Waals surface area contributed by atoms with Crippen molar-refractivity contribution in [3.63, 3.8) is 0 Å². The first-order chi connectivity index (χ1) is 15.4. The topological polar surface area (TPSA) is 81.1 Å². The summed E-state index contributed by atoms with van der Waals surface area (Å²) in [5.41, 5.74) is 1.54. The van der Waals surface area contributed by atoms with Crippen molar-refractivity contribution in [2.45, 2.75) is 50.2 Å². The zero-order valence-electron chi connectivity index (χ0n) is 17.8. The van der Waals surface area contributed by atoms with Crippen LogP contribution in [-0.4, -0.2) is 27.0 Å². The molecule has 1 N–H and O–H groups in total. The number of halogens is 1. The van der Waals surface area contributed by atoms with Gasteiger partial charge in [-0.05, 0) is 50.1 Å². The van der Waals surface area contributed by atoms with Gasteiger partial charge in [-0.3, -0.25) is 19.0 Å². The molecule has 0 aliphatic heterocycles. The van der Waals surface area contributed by atoms with Gasteiger partial charge in [0.2, 0.25) is 5.91 Å². The lowest BCUT2D eigenvalue weighted by molar-refractivity contribution is -0.113. The highest BCUT2D eigenvalue weighted by Crippen LogP contribution is 2.31. The van der Waals surface area contributed by atoms with Gasteiger partial charge in [0.05, 0.1) is 16.7 Å². The molecule has 1 heterocycles. The largest absolute Gasteiger partial charge is 0.325 e. The van der Waals surface area contributed by atoms with Crippen LogP contribution in [-0.2, 0) is 4.79 Å². The summed E-state index contributed by atoms with van der Waals surface area (Å²) in [6.45, 7) is 1.49. The number of rotatable bonds is 6. The lowest BCUT2D eigenvalue weighted by Gasteiger charge is -2.26. The fourth-order valence-corrected chi connectivity index (χ4v) is 5.09. The van der Waals surface area contributed by atoms with Gasteiger partial charge in [0, 0.05) is 22.3 Å². The van der Waals surface area contributed by atoms with E-state index in [2.05, 4.69) is 5.32 Å². The molecule has 0 atom stereocenters. The Hall–Kier alpha value is -2.64. The van der Waals surface area contributed by atoms with E-state index >= 15 is 0 Å². The molecule has 0 unspecified atom stereocenters. The summed E-state index contributed by atoms with van der Waals surface area (Å²) < 4.78 is 1.77. The van der Waals surface area contributed by atoms with Crippen LogP contribution in [0, 0.1) is 0 Å². The molecule has 166 valence electrons. The van der Waals surface area contributed by atoms with E-state index in [0.717, 1.165) is 25.7 Å². The molecule has 1 saturated carbocycles. The maximum atomic E-state index is 13.3. The van der Waals surface area contributed by atoms with E-state index in [0.29, 0.717) is 32.3 Å². The standard InChI is InChI=1S/C24H24ClN3O3S/c1-15(29)16-6-5-7-18(12-16)26-22(30)14-32-24-27-21-13-17(25)10-11-20(21)23(31)28(24)19-8-3-2-4-9-19/h5-7,10-13,19H,2-4,8-9,14H2,1H3,(H,26,30). The van der Waals surface area contributed by atoms with Crippen molar-refractivity contribution in [1.29, 1.82) is 0 Å². The van der Waals surface area contributed by atoms with Crippen molar-refractivity contribution < 1.29 is 9.59 Å². The quantitative estimate of drug-likeness (QED) is 0.293. The average Bonchev–Trinajstić information content (AvgIpc) is 2.78. The number of hydrogen-bond donors (Lipinski definition) is 1. The molecule has 0 spiro atoms. The number of hydrogen-bond acceptors (Lipinski definition) is 5. The van der Waals surface area contributed by atoms with Crippen LogP contribution in [0.1, 0.15) is 55.4 Å². The molecular weight excluding hydrogens is 446 g/mol. The molecule has 0 radical (unpaired) electrons. The SMILES string of the molecule is CC(=O)c1cccc(NC(=O)CSc2nc3cc(Cl)ccc3c(=O)n2C2CCCCC2)c1. The fraction of sp³-hybridized carbons (Fsp3) is 0.333. The number of carbonyl (C=O) groups excluding carboxylic acids is 2. The number of carbonyl (C=O) groups is 2. The van der Waals surface area contributed by atoms with Crippen molar-refractivity contribution >= 4 is 51.6 Å². The van der Waals surface area contributed by atoms with E-state index in [1.165, 1.54) is 25.1 Å². The highest BCUT2D eigenvalue weighted by Gasteiger charge is 2.22. The summed E-state index contributed by atoms with van der Waals surface area (Å²) in [6.07, 6.45) is 5.18. The first-order valence-electron chi connectivity index (χ1n) is 10.7. The molecule has 1 aliphatic carbocycles. The number of thioether (sulfide) groups is 1. The van der Waals surface area contributed by atoms with Crippen LogP contribution >= 0.6 is 23.4 Å². The van der Waals surface area contributed by atoms with E-state index < -0.39 is 0 Å². The third-order valence-corrected chi connectivity index (χ3v) is 6.84. The zero-order valence-corrected chi connectivity index (χ0v) is 19.3. The Kier molecular flexibility index (Phi) is 6.96. The molecule has 32 heavy (non-hydrogen) atoms. The van der Waals surface area contributed by atoms with Gasteiger partial charge in [-0.25, -0.2) is 4.98 Å². The van der Waals surface area contributed by atoms with Crippen LogP contribution in [0.2, 0.25) is 5.02 Å². The minimum absolute atomic E-state index is 0.0639. The van der Waals surface area contributed by atoms with E-state index in [-0.39, 0.29) is 29.0 Å². The number of anilines is 1. The summed E-state index contributed by atoms with van der Waals surface area (Å²) >= 11 is 7.36. The lowest BCUT2D eigenvalue weighted by atomic mass is 9.95. The van der Waals surface area contributed by atoms with Crippen molar-refractivity contribution in [2.24, 2.45) is 0 Å². The van der Waals surface area contributed by atoms with E-state index in [4.69, 9.17) is 16.6 Å². The number of amides is 1. The van der Waals surface area contributed by atoms with E-state index in [1.807, 2.05) is 0 Å². The Bertz CT molecular complexity index is 1230. The summed E-state index contributed by atoms with van der Waals surface area (Å²) in [6, 6.07) is 12.0. The van der Waals surface area contributed by atoms with Crippen LogP contribution < -0.4 is 10.9 Å². The van der Waals surface area contributed by atoms with Gasteiger partial charge in [-0.15, -0.1) is 0 Å².